The zero-order valence-corrected chi connectivity index (χ0v) is 8.31. The second-order valence-corrected chi connectivity index (χ2v) is 2.42. The van der Waals surface area contributed by atoms with Crippen LogP contribution in [0.3, 0.4) is 0 Å². The molecule has 0 aromatic heterocycles. The van der Waals surface area contributed by atoms with E-state index in [4.69, 9.17) is 20.1 Å². The molecule has 15 heavy (non-hydrogen) atoms. The van der Waals surface area contributed by atoms with Crippen LogP contribution in [0, 0.1) is 5.53 Å². The van der Waals surface area contributed by atoms with Crippen LogP contribution in [0.2, 0.25) is 0 Å². The molecule has 0 aliphatic heterocycles. The van der Waals surface area contributed by atoms with Gasteiger partial charge in [-0.2, -0.15) is 0 Å². The van der Waals surface area contributed by atoms with Gasteiger partial charge in [0.1, 0.15) is 17.2 Å². The highest BCUT2D eigenvalue weighted by atomic mass is 16.5. The zero-order chi connectivity index (χ0) is 11.4. The third-order valence-electron chi connectivity index (χ3n) is 1.30. The summed E-state index contributed by atoms with van der Waals surface area (Å²) >= 11 is 0. The summed E-state index contributed by atoms with van der Waals surface area (Å²) in [5.41, 5.74) is 6.35. The summed E-state index contributed by atoms with van der Waals surface area (Å²) < 4.78 is 10.1. The van der Waals surface area contributed by atoms with Crippen molar-refractivity contribution in [2.75, 3.05) is 39.5 Å². The molecule has 86 valence electrons. The van der Waals surface area contributed by atoms with Gasteiger partial charge < -0.3 is 19.9 Å². The first-order chi connectivity index (χ1) is 7.27. The van der Waals surface area contributed by atoms with Crippen molar-refractivity contribution >= 4 is 6.09 Å². The highest BCUT2D eigenvalue weighted by Crippen LogP contribution is 1.79. The van der Waals surface area contributed by atoms with E-state index in [1.54, 1.807) is 0 Å². The van der Waals surface area contributed by atoms with E-state index in [0.29, 0.717) is 33.0 Å². The fraction of sp³-hybridized carbons (Fsp3) is 0.857. The molecule has 0 aliphatic rings. The molecule has 0 radical (unpaired) electrons. The van der Waals surface area contributed by atoms with Gasteiger partial charge in [-0.25, -0.2) is 4.79 Å². The molecule has 0 unspecified atom stereocenters. The number of amides is 1. The van der Waals surface area contributed by atoms with Crippen molar-refractivity contribution in [3.63, 3.8) is 0 Å². The molecule has 0 aromatic rings. The average Bonchev–Trinajstić information content (AvgIpc) is 2.20. The molecule has 0 bridgehead atoms. The molecule has 0 saturated heterocycles. The normalized spacial score (nSPS) is 9.33. The summed E-state index contributed by atoms with van der Waals surface area (Å²) in [7, 11) is 0. The second-order valence-electron chi connectivity index (χ2n) is 2.42. The van der Waals surface area contributed by atoms with E-state index in [1.165, 1.54) is 0 Å². The van der Waals surface area contributed by atoms with Crippen LogP contribution < -0.4 is 10.2 Å². The van der Waals surface area contributed by atoms with Crippen molar-refractivity contribution in [1.82, 2.24) is 10.2 Å². The van der Waals surface area contributed by atoms with Gasteiger partial charge >= 0.3 is 6.09 Å². The molecule has 0 fully saturated rings. The van der Waals surface area contributed by atoms with Gasteiger partial charge in [0, 0.05) is 6.54 Å². The van der Waals surface area contributed by atoms with Crippen LogP contribution in [0.1, 0.15) is 0 Å². The Hall–Kier alpha value is -1.50. The molecule has 0 rings (SSSR count). The lowest BCUT2D eigenvalue weighted by atomic mass is 10.6. The standard InChI is InChI=1S/C7H14N4O4/c8-11-10-2-4-15-6-5-14-3-1-9-7(12)13/h8-9H,1-6H2/p+1. The number of hydrogen-bond acceptors (Lipinski definition) is 5. The number of ether oxygens (including phenoxy) is 2. The first kappa shape index (κ1) is 13.5. The van der Waals surface area contributed by atoms with Crippen molar-refractivity contribution in [3.05, 3.63) is 0 Å². The number of nitrogens with zero attached hydrogens (tertiary/aromatic N) is 2. The van der Waals surface area contributed by atoms with Crippen LogP contribution in [-0.2, 0) is 9.47 Å². The summed E-state index contributed by atoms with van der Waals surface area (Å²) in [6.45, 7) is 2.17. The first-order valence-corrected chi connectivity index (χ1v) is 4.43. The Morgan fingerprint density at radius 2 is 2.00 bits per heavy atom. The van der Waals surface area contributed by atoms with Gasteiger partial charge in [-0.05, 0) is 0 Å². The highest BCUT2D eigenvalue weighted by molar-refractivity contribution is 5.64. The van der Waals surface area contributed by atoms with E-state index >= 15 is 0 Å². The van der Waals surface area contributed by atoms with Crippen LogP contribution in [0.5, 0.6) is 0 Å². The Balaban J connectivity index is 2.98. The molecule has 1 amide bonds. The molecule has 3 N–H and O–H groups in total. The average molecular weight is 219 g/mol. The van der Waals surface area contributed by atoms with Crippen LogP contribution in [0.4, 0.5) is 4.79 Å². The van der Waals surface area contributed by atoms with Gasteiger partial charge in [0.05, 0.1) is 26.4 Å². The molecule has 0 aliphatic carbocycles. The van der Waals surface area contributed by atoms with Crippen LogP contribution in [0.25, 0.3) is 0 Å². The molecule has 0 heterocycles. The van der Waals surface area contributed by atoms with Crippen LogP contribution in [0.15, 0.2) is 5.11 Å². The second kappa shape index (κ2) is 10.6. The van der Waals surface area contributed by atoms with E-state index in [9.17, 15) is 4.79 Å². The Labute approximate surface area is 86.8 Å². The summed E-state index contributed by atoms with van der Waals surface area (Å²) in [5.74, 6) is 0. The number of hydrogen-bond donors (Lipinski definition) is 3. The van der Waals surface area contributed by atoms with Crippen LogP contribution in [-0.4, -0.2) is 50.7 Å². The maximum atomic E-state index is 10.0. The van der Waals surface area contributed by atoms with Crippen LogP contribution >= 0.6 is 0 Å². The molecular weight excluding hydrogens is 204 g/mol. The predicted octanol–water partition coefficient (Wildman–Crippen LogP) is -0.162. The largest absolute Gasteiger partial charge is 0.465 e. The van der Waals surface area contributed by atoms with E-state index in [1.807, 2.05) is 0 Å². The summed E-state index contributed by atoms with van der Waals surface area (Å²) in [5, 5.41) is 13.8. The highest BCUT2D eigenvalue weighted by Gasteiger charge is 1.94. The number of carboxylic acid groups (broad SMARTS) is 1. The summed E-state index contributed by atoms with van der Waals surface area (Å²) in [4.78, 5) is 12.8. The molecule has 0 saturated carbocycles. The molecule has 8 heteroatoms. The Bertz CT molecular complexity index is 209. The Morgan fingerprint density at radius 3 is 2.60 bits per heavy atom. The minimum Gasteiger partial charge on any atom is -0.465 e. The van der Waals surface area contributed by atoms with Crippen molar-refractivity contribution in [3.8, 4) is 0 Å². The zero-order valence-electron chi connectivity index (χ0n) is 8.31. The minimum absolute atomic E-state index is 0.266. The van der Waals surface area contributed by atoms with E-state index in [-0.39, 0.29) is 6.54 Å². The lowest BCUT2D eigenvalue weighted by Crippen LogP contribution is -2.25. The topological polar surface area (TPSA) is 118 Å². The maximum absolute atomic E-state index is 10.0. The van der Waals surface area contributed by atoms with Gasteiger partial charge in [-0.15, -0.1) is 0 Å². The maximum Gasteiger partial charge on any atom is 0.404 e. The Kier molecular flexibility index (Phi) is 9.52. The van der Waals surface area contributed by atoms with E-state index < -0.39 is 6.09 Å². The van der Waals surface area contributed by atoms with E-state index in [0.717, 1.165) is 0 Å². The quantitative estimate of drug-likeness (QED) is 0.283. The summed E-state index contributed by atoms with van der Waals surface area (Å²) in [6, 6.07) is 0. The fourth-order valence-electron chi connectivity index (χ4n) is 0.707. The monoisotopic (exact) mass is 219 g/mol. The van der Waals surface area contributed by atoms with Gasteiger partial charge in [0.15, 0.2) is 0 Å². The van der Waals surface area contributed by atoms with Crippen molar-refractivity contribution in [2.24, 2.45) is 5.11 Å². The number of nitrogens with one attached hydrogen (secondary N) is 2. The number of rotatable bonds is 9. The van der Waals surface area contributed by atoms with Gasteiger partial charge in [-0.3, -0.25) is 0 Å². The predicted molar refractivity (Wildman–Crippen MR) is 49.8 cm³/mol. The van der Waals surface area contributed by atoms with Gasteiger partial charge in [0.25, 0.3) is 0 Å². The fourth-order valence-corrected chi connectivity index (χ4v) is 0.707. The third kappa shape index (κ3) is 12.5. The van der Waals surface area contributed by atoms with Gasteiger partial charge in [0.2, 0.25) is 4.91 Å². The SMILES string of the molecule is N=[N+]=NCCOCCOCCNC(=O)O. The lowest BCUT2D eigenvalue weighted by molar-refractivity contribution is 0.0516. The molecule has 8 nitrogen and oxygen atoms in total. The molecule has 0 spiro atoms. The molecule has 0 atom stereocenters. The minimum atomic E-state index is -1.06. The summed E-state index contributed by atoms with van der Waals surface area (Å²) in [6.07, 6.45) is -1.06. The molecular formula is C7H15N4O4+. The van der Waals surface area contributed by atoms with Crippen molar-refractivity contribution in [2.45, 2.75) is 0 Å². The smallest absolute Gasteiger partial charge is 0.404 e. The first-order valence-electron chi connectivity index (χ1n) is 4.43. The Morgan fingerprint density at radius 1 is 1.33 bits per heavy atom. The number of carbonyl (C=O) groups is 1. The lowest BCUT2D eigenvalue weighted by Gasteiger charge is -2.03. The molecule has 0 aromatic carbocycles. The van der Waals surface area contributed by atoms with Crippen molar-refractivity contribution in [1.29, 1.82) is 5.53 Å². The van der Waals surface area contributed by atoms with E-state index in [2.05, 4.69) is 15.3 Å². The third-order valence-corrected chi connectivity index (χ3v) is 1.30. The van der Waals surface area contributed by atoms with Gasteiger partial charge in [-0.1, -0.05) is 0 Å². The van der Waals surface area contributed by atoms with Crippen molar-refractivity contribution < 1.29 is 19.4 Å².